The van der Waals surface area contributed by atoms with E-state index in [1.54, 1.807) is 0 Å². The standard InChI is InChI=1S/C22H26N4O4S/c1-15-19(16(2)26(24-15)17-9-7-6-8-10-17)14-22(27)23-20-13-18(11-12-21(20)30-5)31(28,29)25(3)4/h6-13H,14H2,1-5H3,(H,23,27). The number of benzene rings is 2. The highest BCUT2D eigenvalue weighted by molar-refractivity contribution is 7.89. The third kappa shape index (κ3) is 4.62. The average molecular weight is 443 g/mol. The van der Waals surface area contributed by atoms with Crippen LogP contribution in [0.5, 0.6) is 5.75 Å². The molecule has 31 heavy (non-hydrogen) atoms. The molecule has 1 aromatic heterocycles. The van der Waals surface area contributed by atoms with Crippen molar-refractivity contribution in [2.45, 2.75) is 25.2 Å². The number of aromatic nitrogens is 2. The van der Waals surface area contributed by atoms with Crippen molar-refractivity contribution >= 4 is 21.6 Å². The van der Waals surface area contributed by atoms with E-state index in [9.17, 15) is 13.2 Å². The topological polar surface area (TPSA) is 93.5 Å². The molecule has 0 saturated carbocycles. The first kappa shape index (κ1) is 22.5. The molecular formula is C22H26N4O4S. The molecule has 9 heteroatoms. The largest absolute Gasteiger partial charge is 0.495 e. The number of hydrogen-bond acceptors (Lipinski definition) is 5. The molecule has 0 radical (unpaired) electrons. The fourth-order valence-electron chi connectivity index (χ4n) is 3.26. The molecule has 1 heterocycles. The average Bonchev–Trinajstić information content (AvgIpc) is 3.02. The lowest BCUT2D eigenvalue weighted by Gasteiger charge is -2.15. The van der Waals surface area contributed by atoms with Crippen LogP contribution in [0, 0.1) is 13.8 Å². The number of para-hydroxylation sites is 1. The molecule has 0 spiro atoms. The number of carbonyl (C=O) groups excluding carboxylic acids is 1. The fourth-order valence-corrected chi connectivity index (χ4v) is 4.19. The first-order chi connectivity index (χ1) is 14.6. The van der Waals surface area contributed by atoms with E-state index in [0.717, 1.165) is 26.9 Å². The monoisotopic (exact) mass is 442 g/mol. The van der Waals surface area contributed by atoms with Crippen LogP contribution in [0.3, 0.4) is 0 Å². The van der Waals surface area contributed by atoms with Crippen molar-refractivity contribution in [1.29, 1.82) is 0 Å². The second kappa shape index (κ2) is 8.91. The Kier molecular flexibility index (Phi) is 6.47. The number of anilines is 1. The Morgan fingerprint density at radius 2 is 1.81 bits per heavy atom. The third-order valence-corrected chi connectivity index (χ3v) is 6.81. The van der Waals surface area contributed by atoms with Gasteiger partial charge in [-0.25, -0.2) is 17.4 Å². The molecule has 0 bridgehead atoms. The zero-order valence-corrected chi connectivity index (χ0v) is 19.0. The number of hydrogen-bond donors (Lipinski definition) is 1. The normalized spacial score (nSPS) is 11.5. The highest BCUT2D eigenvalue weighted by Gasteiger charge is 2.21. The van der Waals surface area contributed by atoms with Crippen LogP contribution in [0.4, 0.5) is 5.69 Å². The van der Waals surface area contributed by atoms with Crippen molar-refractivity contribution in [3.63, 3.8) is 0 Å². The van der Waals surface area contributed by atoms with Gasteiger partial charge >= 0.3 is 0 Å². The molecule has 3 aromatic rings. The Balaban J connectivity index is 1.87. The van der Waals surface area contributed by atoms with Crippen molar-refractivity contribution in [2.75, 3.05) is 26.5 Å². The van der Waals surface area contributed by atoms with Gasteiger partial charge in [-0.3, -0.25) is 4.79 Å². The van der Waals surface area contributed by atoms with Crippen LogP contribution in [-0.2, 0) is 21.2 Å². The van der Waals surface area contributed by atoms with Crippen LogP contribution in [0.1, 0.15) is 17.0 Å². The smallest absolute Gasteiger partial charge is 0.242 e. The molecule has 0 saturated heterocycles. The summed E-state index contributed by atoms with van der Waals surface area (Å²) in [5, 5.41) is 7.35. The summed E-state index contributed by atoms with van der Waals surface area (Å²) in [6, 6.07) is 14.1. The van der Waals surface area contributed by atoms with Gasteiger partial charge in [-0.1, -0.05) is 18.2 Å². The number of ether oxygens (including phenoxy) is 1. The number of methoxy groups -OCH3 is 1. The number of aryl methyl sites for hydroxylation is 1. The first-order valence-electron chi connectivity index (χ1n) is 9.66. The molecule has 0 aliphatic carbocycles. The van der Waals surface area contributed by atoms with Crippen LogP contribution in [0.2, 0.25) is 0 Å². The molecule has 0 unspecified atom stereocenters. The highest BCUT2D eigenvalue weighted by Crippen LogP contribution is 2.29. The van der Waals surface area contributed by atoms with E-state index in [1.807, 2.05) is 48.9 Å². The van der Waals surface area contributed by atoms with Crippen LogP contribution in [0.25, 0.3) is 5.69 Å². The molecule has 1 N–H and O–H groups in total. The summed E-state index contributed by atoms with van der Waals surface area (Å²) >= 11 is 0. The maximum atomic E-state index is 12.8. The van der Waals surface area contributed by atoms with Gasteiger partial charge in [0.2, 0.25) is 15.9 Å². The van der Waals surface area contributed by atoms with Gasteiger partial charge in [-0.05, 0) is 44.2 Å². The lowest BCUT2D eigenvalue weighted by Crippen LogP contribution is -2.22. The number of carbonyl (C=O) groups is 1. The van der Waals surface area contributed by atoms with E-state index >= 15 is 0 Å². The van der Waals surface area contributed by atoms with Gasteiger partial charge in [0.1, 0.15) is 5.75 Å². The van der Waals surface area contributed by atoms with E-state index in [2.05, 4.69) is 10.4 Å². The number of nitrogens with zero attached hydrogens (tertiary/aromatic N) is 3. The van der Waals surface area contributed by atoms with E-state index in [1.165, 1.54) is 39.4 Å². The van der Waals surface area contributed by atoms with E-state index < -0.39 is 10.0 Å². The zero-order valence-electron chi connectivity index (χ0n) is 18.2. The van der Waals surface area contributed by atoms with Gasteiger partial charge in [-0.15, -0.1) is 0 Å². The predicted molar refractivity (Wildman–Crippen MR) is 119 cm³/mol. The maximum Gasteiger partial charge on any atom is 0.242 e. The molecule has 0 aliphatic rings. The number of nitrogens with one attached hydrogen (secondary N) is 1. The van der Waals surface area contributed by atoms with Crippen LogP contribution >= 0.6 is 0 Å². The van der Waals surface area contributed by atoms with Crippen LogP contribution in [0.15, 0.2) is 53.4 Å². The Hall–Kier alpha value is -3.17. The van der Waals surface area contributed by atoms with Crippen LogP contribution in [-0.4, -0.2) is 49.6 Å². The maximum absolute atomic E-state index is 12.8. The lowest BCUT2D eigenvalue weighted by molar-refractivity contribution is -0.115. The van der Waals surface area contributed by atoms with Gasteiger partial charge < -0.3 is 10.1 Å². The second-order valence-corrected chi connectivity index (χ2v) is 9.42. The van der Waals surface area contributed by atoms with E-state index in [4.69, 9.17) is 4.74 Å². The minimum Gasteiger partial charge on any atom is -0.495 e. The molecule has 8 nitrogen and oxygen atoms in total. The quantitative estimate of drug-likeness (QED) is 0.607. The number of sulfonamides is 1. The molecule has 0 aliphatic heterocycles. The minimum absolute atomic E-state index is 0.0675. The molecule has 2 aromatic carbocycles. The molecule has 0 fully saturated rings. The van der Waals surface area contributed by atoms with Gasteiger partial charge in [0.15, 0.2) is 0 Å². The Labute approximate surface area is 182 Å². The molecule has 164 valence electrons. The van der Waals surface area contributed by atoms with E-state index in [0.29, 0.717) is 11.4 Å². The Morgan fingerprint density at radius 3 is 2.42 bits per heavy atom. The summed E-state index contributed by atoms with van der Waals surface area (Å²) in [5.74, 6) is 0.0796. The van der Waals surface area contributed by atoms with Gasteiger partial charge in [-0.2, -0.15) is 5.10 Å². The summed E-state index contributed by atoms with van der Waals surface area (Å²) < 4.78 is 33.1. The lowest BCUT2D eigenvalue weighted by atomic mass is 10.1. The Morgan fingerprint density at radius 1 is 1.13 bits per heavy atom. The highest BCUT2D eigenvalue weighted by atomic mass is 32.2. The van der Waals surface area contributed by atoms with Crippen molar-refractivity contribution in [3.8, 4) is 11.4 Å². The molecular weight excluding hydrogens is 416 g/mol. The summed E-state index contributed by atoms with van der Waals surface area (Å²) in [6.45, 7) is 3.78. The fraction of sp³-hybridized carbons (Fsp3) is 0.273. The number of rotatable bonds is 7. The SMILES string of the molecule is COc1ccc(S(=O)(=O)N(C)C)cc1NC(=O)Cc1c(C)nn(-c2ccccc2)c1C. The van der Waals surface area contributed by atoms with Gasteiger partial charge in [0.25, 0.3) is 0 Å². The number of amides is 1. The first-order valence-corrected chi connectivity index (χ1v) is 11.1. The Bertz CT molecular complexity index is 1200. The zero-order chi connectivity index (χ0) is 22.8. The van der Waals surface area contributed by atoms with Crippen molar-refractivity contribution in [1.82, 2.24) is 14.1 Å². The third-order valence-electron chi connectivity index (χ3n) is 5.00. The van der Waals surface area contributed by atoms with Crippen molar-refractivity contribution in [2.24, 2.45) is 0 Å². The summed E-state index contributed by atoms with van der Waals surface area (Å²) in [4.78, 5) is 12.9. The summed E-state index contributed by atoms with van der Waals surface area (Å²) in [6.07, 6.45) is 0.0955. The second-order valence-electron chi connectivity index (χ2n) is 7.27. The van der Waals surface area contributed by atoms with Crippen molar-refractivity contribution in [3.05, 3.63) is 65.5 Å². The van der Waals surface area contributed by atoms with Gasteiger partial charge in [0.05, 0.1) is 35.5 Å². The summed E-state index contributed by atoms with van der Waals surface area (Å²) in [7, 11) is 0.719. The van der Waals surface area contributed by atoms with Crippen molar-refractivity contribution < 1.29 is 17.9 Å². The van der Waals surface area contributed by atoms with Gasteiger partial charge in [0, 0.05) is 25.4 Å². The molecule has 1 amide bonds. The van der Waals surface area contributed by atoms with E-state index in [-0.39, 0.29) is 17.2 Å². The minimum atomic E-state index is -3.65. The molecule has 3 rings (SSSR count). The molecule has 0 atom stereocenters. The summed E-state index contributed by atoms with van der Waals surface area (Å²) in [5.41, 5.74) is 3.65. The van der Waals surface area contributed by atoms with Crippen LogP contribution < -0.4 is 10.1 Å². The predicted octanol–water partition coefficient (Wildman–Crippen LogP) is 2.93.